The van der Waals surface area contributed by atoms with Crippen LogP contribution in [0.15, 0.2) is 66.9 Å². The number of amides is 1. The Morgan fingerprint density at radius 3 is 2.77 bits per heavy atom. The van der Waals surface area contributed by atoms with E-state index in [9.17, 15) is 9.18 Å². The van der Waals surface area contributed by atoms with Crippen LogP contribution in [-0.2, 0) is 6.54 Å². The Morgan fingerprint density at radius 2 is 1.91 bits per heavy atom. The number of hydrogen-bond donors (Lipinski definition) is 1. The molecule has 0 saturated carbocycles. The van der Waals surface area contributed by atoms with Gasteiger partial charge in [-0.25, -0.2) is 14.1 Å². The molecule has 5 rings (SSSR count). The summed E-state index contributed by atoms with van der Waals surface area (Å²) in [4.78, 5) is 21.4. The number of fused-ring (bicyclic) bond motifs is 2. The van der Waals surface area contributed by atoms with Gasteiger partial charge in [0.15, 0.2) is 5.65 Å². The molecule has 2 aromatic carbocycles. The summed E-state index contributed by atoms with van der Waals surface area (Å²) in [6.07, 6.45) is 4.74. The van der Waals surface area contributed by atoms with E-state index in [1.165, 1.54) is 12.1 Å². The van der Waals surface area contributed by atoms with Gasteiger partial charge in [0.2, 0.25) is 0 Å². The van der Waals surface area contributed by atoms with Crippen LogP contribution in [0.4, 0.5) is 4.39 Å². The second-order valence-corrected chi connectivity index (χ2v) is 8.47. The molecule has 35 heavy (non-hydrogen) atoms. The van der Waals surface area contributed by atoms with Gasteiger partial charge >= 0.3 is 0 Å². The Hall–Kier alpha value is -4.20. The maximum Gasteiger partial charge on any atom is 0.254 e. The highest BCUT2D eigenvalue weighted by Gasteiger charge is 2.14. The molecule has 0 saturated heterocycles. The minimum Gasteiger partial charge on any atom is -0.352 e. The number of pyridine rings is 2. The van der Waals surface area contributed by atoms with E-state index in [0.717, 1.165) is 35.7 Å². The summed E-state index contributed by atoms with van der Waals surface area (Å²) < 4.78 is 16.5. The lowest BCUT2D eigenvalue weighted by atomic mass is 10.1. The summed E-state index contributed by atoms with van der Waals surface area (Å²) in [7, 11) is 0. The Balaban J connectivity index is 1.39. The predicted molar refractivity (Wildman–Crippen MR) is 133 cm³/mol. The van der Waals surface area contributed by atoms with Gasteiger partial charge < -0.3 is 5.32 Å². The Bertz CT molecular complexity index is 1510. The zero-order chi connectivity index (χ0) is 24.2. The molecule has 5 aromatic rings. The molecule has 8 heteroatoms. The van der Waals surface area contributed by atoms with Crippen molar-refractivity contribution in [2.45, 2.75) is 32.7 Å². The van der Waals surface area contributed by atoms with Gasteiger partial charge in [-0.3, -0.25) is 9.78 Å². The number of benzene rings is 2. The first-order chi connectivity index (χ1) is 17.1. The molecule has 0 unspecified atom stereocenters. The second-order valence-electron chi connectivity index (χ2n) is 8.47. The number of nitrogens with zero attached hydrogens (tertiary/aromatic N) is 5. The average molecular weight is 469 g/mol. The molecule has 0 fully saturated rings. The fraction of sp³-hybridized carbons (Fsp3) is 0.222. The van der Waals surface area contributed by atoms with Crippen LogP contribution in [0.2, 0.25) is 0 Å². The van der Waals surface area contributed by atoms with Crippen molar-refractivity contribution in [1.29, 1.82) is 0 Å². The monoisotopic (exact) mass is 468 g/mol. The maximum atomic E-state index is 14.8. The van der Waals surface area contributed by atoms with Crippen molar-refractivity contribution in [3.05, 3.63) is 83.8 Å². The number of aromatic nitrogens is 5. The number of carbonyl (C=O) groups is 1. The van der Waals surface area contributed by atoms with E-state index in [1.54, 1.807) is 23.0 Å². The van der Waals surface area contributed by atoms with Gasteiger partial charge in [-0.1, -0.05) is 43.2 Å². The number of unbranched alkanes of at least 4 members (excludes halogenated alkanes) is 2. The smallest absolute Gasteiger partial charge is 0.254 e. The Labute approximate surface area is 202 Å². The van der Waals surface area contributed by atoms with E-state index in [0.29, 0.717) is 35.5 Å². The zero-order valence-electron chi connectivity index (χ0n) is 19.4. The molecule has 0 radical (unpaired) electrons. The van der Waals surface area contributed by atoms with E-state index in [4.69, 9.17) is 4.98 Å². The number of hydrogen-bond acceptors (Lipinski definition) is 5. The second kappa shape index (κ2) is 9.97. The summed E-state index contributed by atoms with van der Waals surface area (Å²) in [6.45, 7) is 3.12. The highest BCUT2D eigenvalue weighted by atomic mass is 19.1. The molecule has 1 amide bonds. The van der Waals surface area contributed by atoms with Crippen LogP contribution < -0.4 is 5.32 Å². The summed E-state index contributed by atoms with van der Waals surface area (Å²) in [5, 5.41) is 12.3. The van der Waals surface area contributed by atoms with Crippen molar-refractivity contribution in [2.24, 2.45) is 0 Å². The molecule has 3 heterocycles. The number of rotatable bonds is 8. The van der Waals surface area contributed by atoms with Crippen LogP contribution in [0.5, 0.6) is 0 Å². The van der Waals surface area contributed by atoms with Crippen LogP contribution in [0.1, 0.15) is 42.1 Å². The van der Waals surface area contributed by atoms with Crippen molar-refractivity contribution in [3.63, 3.8) is 0 Å². The van der Waals surface area contributed by atoms with Gasteiger partial charge in [-0.05, 0) is 54.4 Å². The van der Waals surface area contributed by atoms with Crippen LogP contribution in [0.3, 0.4) is 0 Å². The van der Waals surface area contributed by atoms with Crippen molar-refractivity contribution in [1.82, 2.24) is 30.3 Å². The fourth-order valence-corrected chi connectivity index (χ4v) is 4.05. The molecule has 0 spiro atoms. The normalized spacial score (nSPS) is 11.3. The molecule has 0 aliphatic carbocycles. The first-order valence-electron chi connectivity index (χ1n) is 11.7. The Kier molecular flexibility index (Phi) is 6.43. The first-order valence-corrected chi connectivity index (χ1v) is 11.7. The van der Waals surface area contributed by atoms with E-state index in [2.05, 4.69) is 33.6 Å². The number of halogens is 1. The summed E-state index contributed by atoms with van der Waals surface area (Å²) >= 11 is 0. The van der Waals surface area contributed by atoms with Crippen LogP contribution in [-0.4, -0.2) is 37.4 Å². The molecule has 0 aliphatic rings. The summed E-state index contributed by atoms with van der Waals surface area (Å²) in [6, 6.07) is 18.1. The molecule has 0 bridgehead atoms. The minimum atomic E-state index is -0.575. The van der Waals surface area contributed by atoms with Crippen LogP contribution in [0.25, 0.3) is 33.3 Å². The van der Waals surface area contributed by atoms with Crippen molar-refractivity contribution in [3.8, 4) is 11.3 Å². The SMILES string of the molecule is CCCCCNC(=O)c1ccc(-c2ccc3nnn(Cc4ccc5ncccc5c4)c3n2)cc1F. The first kappa shape index (κ1) is 22.6. The molecule has 7 nitrogen and oxygen atoms in total. The highest BCUT2D eigenvalue weighted by molar-refractivity contribution is 5.95. The Morgan fingerprint density at radius 1 is 1.03 bits per heavy atom. The molecule has 3 aromatic heterocycles. The van der Waals surface area contributed by atoms with Gasteiger partial charge in [0.05, 0.1) is 23.3 Å². The third-order valence-corrected chi connectivity index (χ3v) is 5.93. The molecule has 176 valence electrons. The lowest BCUT2D eigenvalue weighted by molar-refractivity contribution is 0.0949. The topological polar surface area (TPSA) is 85.6 Å². The summed E-state index contributed by atoms with van der Waals surface area (Å²) in [5.74, 6) is -0.977. The quantitative estimate of drug-likeness (QED) is 0.318. The number of carbonyl (C=O) groups excluding carboxylic acids is 1. The lowest BCUT2D eigenvalue weighted by Crippen LogP contribution is -2.25. The molecular formula is C27H25FN6O. The molecule has 0 aliphatic heterocycles. The van der Waals surface area contributed by atoms with E-state index in [1.807, 2.05) is 30.3 Å². The third kappa shape index (κ3) is 4.87. The van der Waals surface area contributed by atoms with E-state index in [-0.39, 0.29) is 5.56 Å². The molecule has 1 N–H and O–H groups in total. The predicted octanol–water partition coefficient (Wildman–Crippen LogP) is 5.15. The van der Waals surface area contributed by atoms with Crippen molar-refractivity contribution >= 4 is 28.0 Å². The van der Waals surface area contributed by atoms with Gasteiger partial charge in [-0.2, -0.15) is 0 Å². The fourth-order valence-electron chi connectivity index (χ4n) is 4.05. The van der Waals surface area contributed by atoms with Gasteiger partial charge in [0.25, 0.3) is 5.91 Å². The van der Waals surface area contributed by atoms with E-state index < -0.39 is 11.7 Å². The third-order valence-electron chi connectivity index (χ3n) is 5.93. The van der Waals surface area contributed by atoms with E-state index >= 15 is 0 Å². The summed E-state index contributed by atoms with van der Waals surface area (Å²) in [5.41, 5.74) is 4.43. The van der Waals surface area contributed by atoms with Gasteiger partial charge in [-0.15, -0.1) is 5.10 Å². The van der Waals surface area contributed by atoms with Crippen LogP contribution in [0, 0.1) is 5.82 Å². The van der Waals surface area contributed by atoms with Gasteiger partial charge in [0, 0.05) is 23.7 Å². The zero-order valence-corrected chi connectivity index (χ0v) is 19.4. The minimum absolute atomic E-state index is 0.0313. The average Bonchev–Trinajstić information content (AvgIpc) is 3.28. The lowest BCUT2D eigenvalue weighted by Gasteiger charge is -2.08. The maximum absolute atomic E-state index is 14.8. The largest absolute Gasteiger partial charge is 0.352 e. The highest BCUT2D eigenvalue weighted by Crippen LogP contribution is 2.23. The number of nitrogens with one attached hydrogen (secondary N) is 1. The van der Waals surface area contributed by atoms with Gasteiger partial charge in [0.1, 0.15) is 11.3 Å². The van der Waals surface area contributed by atoms with Crippen molar-refractivity contribution in [2.75, 3.05) is 6.54 Å². The molecular weight excluding hydrogens is 443 g/mol. The van der Waals surface area contributed by atoms with Crippen molar-refractivity contribution < 1.29 is 9.18 Å². The standard InChI is InChI=1S/C27H25FN6O/c1-2-3-4-13-30-27(35)21-9-8-20(16-22(21)28)24-11-12-25-26(31-24)34(33-32-25)17-18-7-10-23-19(15-18)6-5-14-29-23/h5-12,14-16H,2-4,13,17H2,1H3,(H,30,35). The molecule has 0 atom stereocenters. The van der Waals surface area contributed by atoms with Crippen LogP contribution >= 0.6 is 0 Å².